The minimum atomic E-state index is -0.179. The summed E-state index contributed by atoms with van der Waals surface area (Å²) < 4.78 is 0.864. The molecule has 1 aromatic rings. The Bertz CT molecular complexity index is 504. The molecular formula is C12H14BrN3O2. The third kappa shape index (κ3) is 2.26. The number of halogens is 1. The van der Waals surface area contributed by atoms with Gasteiger partial charge in [-0.05, 0) is 18.2 Å². The molecule has 2 N–H and O–H groups in total. The highest BCUT2D eigenvalue weighted by Crippen LogP contribution is 2.34. The van der Waals surface area contributed by atoms with E-state index < -0.39 is 0 Å². The Hall–Kier alpha value is -1.40. The number of anilines is 2. The van der Waals surface area contributed by atoms with Crippen LogP contribution in [0.25, 0.3) is 0 Å². The first-order valence-electron chi connectivity index (χ1n) is 5.61. The minimum absolute atomic E-state index is 0.0123. The Morgan fingerprint density at radius 2 is 2.17 bits per heavy atom. The molecule has 0 atom stereocenters. The van der Waals surface area contributed by atoms with Crippen LogP contribution in [0.2, 0.25) is 0 Å². The van der Waals surface area contributed by atoms with Crippen LogP contribution in [0, 0.1) is 0 Å². The standard InChI is InChI=1S/C12H14BrN3O2/c1-15-10-6-8(13)2-3-9(10)16(12(18)7-14)5-4-11(15)17/h2-3,6H,4-5,7,14H2,1H3. The first-order chi connectivity index (χ1) is 8.54. The monoisotopic (exact) mass is 311 g/mol. The number of hydrogen-bond acceptors (Lipinski definition) is 3. The van der Waals surface area contributed by atoms with Crippen molar-refractivity contribution in [3.8, 4) is 0 Å². The van der Waals surface area contributed by atoms with Crippen molar-refractivity contribution < 1.29 is 9.59 Å². The van der Waals surface area contributed by atoms with E-state index in [2.05, 4.69) is 15.9 Å². The Morgan fingerprint density at radius 3 is 2.83 bits per heavy atom. The molecular weight excluding hydrogens is 298 g/mol. The molecule has 1 heterocycles. The van der Waals surface area contributed by atoms with Crippen LogP contribution in [-0.2, 0) is 9.59 Å². The van der Waals surface area contributed by atoms with Crippen molar-refractivity contribution in [2.24, 2.45) is 5.73 Å². The van der Waals surface area contributed by atoms with Crippen molar-refractivity contribution in [3.63, 3.8) is 0 Å². The fourth-order valence-electron chi connectivity index (χ4n) is 1.99. The first-order valence-corrected chi connectivity index (χ1v) is 6.40. The van der Waals surface area contributed by atoms with Crippen LogP contribution < -0.4 is 15.5 Å². The van der Waals surface area contributed by atoms with Crippen molar-refractivity contribution in [1.29, 1.82) is 0 Å². The number of rotatable bonds is 1. The zero-order valence-electron chi connectivity index (χ0n) is 10.0. The van der Waals surface area contributed by atoms with Crippen LogP contribution in [0.4, 0.5) is 11.4 Å². The molecule has 0 unspecified atom stereocenters. The second kappa shape index (κ2) is 5.07. The van der Waals surface area contributed by atoms with E-state index in [-0.39, 0.29) is 18.4 Å². The molecule has 0 spiro atoms. The average molecular weight is 312 g/mol. The molecule has 0 saturated carbocycles. The molecule has 2 amide bonds. The topological polar surface area (TPSA) is 66.6 Å². The second-order valence-corrected chi connectivity index (χ2v) is 5.00. The summed E-state index contributed by atoms with van der Waals surface area (Å²) in [5.41, 5.74) is 6.85. The lowest BCUT2D eigenvalue weighted by molar-refractivity contribution is -0.118. The Balaban J connectivity index is 2.54. The second-order valence-electron chi connectivity index (χ2n) is 4.09. The molecule has 6 heteroatoms. The number of carbonyl (C=O) groups excluding carboxylic acids is 2. The van der Waals surface area contributed by atoms with E-state index in [1.165, 1.54) is 0 Å². The average Bonchev–Trinajstić information content (AvgIpc) is 2.49. The van der Waals surface area contributed by atoms with Gasteiger partial charge < -0.3 is 15.5 Å². The van der Waals surface area contributed by atoms with Crippen molar-refractivity contribution in [3.05, 3.63) is 22.7 Å². The summed E-state index contributed by atoms with van der Waals surface area (Å²) in [7, 11) is 1.71. The summed E-state index contributed by atoms with van der Waals surface area (Å²) in [6.45, 7) is 0.307. The summed E-state index contributed by atoms with van der Waals surface area (Å²) >= 11 is 3.37. The van der Waals surface area contributed by atoms with Gasteiger partial charge >= 0.3 is 0 Å². The van der Waals surface area contributed by atoms with Gasteiger partial charge in [0.1, 0.15) is 0 Å². The Morgan fingerprint density at radius 1 is 1.44 bits per heavy atom. The summed E-state index contributed by atoms with van der Waals surface area (Å²) in [5, 5.41) is 0. The molecule has 2 rings (SSSR count). The fraction of sp³-hybridized carbons (Fsp3) is 0.333. The normalized spacial score (nSPS) is 15.4. The van der Waals surface area contributed by atoms with Crippen molar-refractivity contribution in [2.75, 3.05) is 29.9 Å². The third-order valence-corrected chi connectivity index (χ3v) is 3.48. The SMILES string of the molecule is CN1C(=O)CCN(C(=O)CN)c2ccc(Br)cc21. The van der Waals surface area contributed by atoms with Gasteiger partial charge in [-0.2, -0.15) is 0 Å². The molecule has 96 valence electrons. The number of carbonyl (C=O) groups is 2. The largest absolute Gasteiger partial charge is 0.322 e. The van der Waals surface area contributed by atoms with E-state index in [0.29, 0.717) is 18.7 Å². The lowest BCUT2D eigenvalue weighted by Gasteiger charge is -2.23. The zero-order chi connectivity index (χ0) is 13.3. The number of nitrogens with zero attached hydrogens (tertiary/aromatic N) is 2. The number of benzene rings is 1. The lowest BCUT2D eigenvalue weighted by Crippen LogP contribution is -2.36. The van der Waals surface area contributed by atoms with Crippen molar-refractivity contribution in [2.45, 2.75) is 6.42 Å². The van der Waals surface area contributed by atoms with Crippen LogP contribution in [0.5, 0.6) is 0 Å². The molecule has 18 heavy (non-hydrogen) atoms. The predicted octanol–water partition coefficient (Wildman–Crippen LogP) is 1.11. The quantitative estimate of drug-likeness (QED) is 0.845. The van der Waals surface area contributed by atoms with Gasteiger partial charge in [0, 0.05) is 24.5 Å². The summed E-state index contributed by atoms with van der Waals surface area (Å²) in [6.07, 6.45) is 0.300. The highest BCUT2D eigenvalue weighted by Gasteiger charge is 2.26. The van der Waals surface area contributed by atoms with Crippen LogP contribution >= 0.6 is 15.9 Å². The summed E-state index contributed by atoms with van der Waals surface area (Å²) in [5.74, 6) is -0.191. The summed E-state index contributed by atoms with van der Waals surface area (Å²) in [4.78, 5) is 26.9. The van der Waals surface area contributed by atoms with Gasteiger partial charge in [0.2, 0.25) is 11.8 Å². The van der Waals surface area contributed by atoms with Crippen molar-refractivity contribution in [1.82, 2.24) is 0 Å². The molecule has 1 aromatic carbocycles. The molecule has 0 fully saturated rings. The van der Waals surface area contributed by atoms with E-state index in [1.807, 2.05) is 18.2 Å². The number of amides is 2. The smallest absolute Gasteiger partial charge is 0.240 e. The van der Waals surface area contributed by atoms with Crippen LogP contribution in [0.15, 0.2) is 22.7 Å². The fourth-order valence-corrected chi connectivity index (χ4v) is 2.34. The Labute approximate surface area is 114 Å². The number of nitrogens with two attached hydrogens (primary N) is 1. The van der Waals surface area contributed by atoms with Gasteiger partial charge in [0.15, 0.2) is 0 Å². The minimum Gasteiger partial charge on any atom is -0.322 e. The summed E-state index contributed by atoms with van der Waals surface area (Å²) in [6, 6.07) is 5.50. The molecule has 0 aromatic heterocycles. The molecule has 0 bridgehead atoms. The molecule has 5 nitrogen and oxygen atoms in total. The van der Waals surface area contributed by atoms with E-state index in [4.69, 9.17) is 5.73 Å². The molecule has 1 aliphatic rings. The van der Waals surface area contributed by atoms with Crippen LogP contribution in [0.1, 0.15) is 6.42 Å². The van der Waals surface area contributed by atoms with Crippen LogP contribution in [-0.4, -0.2) is 32.0 Å². The lowest BCUT2D eigenvalue weighted by atomic mass is 10.2. The number of hydrogen-bond donors (Lipinski definition) is 1. The molecule has 0 saturated heterocycles. The van der Waals surface area contributed by atoms with Gasteiger partial charge in [-0.15, -0.1) is 0 Å². The van der Waals surface area contributed by atoms with Gasteiger partial charge in [-0.1, -0.05) is 15.9 Å². The maximum Gasteiger partial charge on any atom is 0.240 e. The molecule has 0 aliphatic carbocycles. The Kier molecular flexibility index (Phi) is 3.68. The van der Waals surface area contributed by atoms with E-state index in [0.717, 1.165) is 10.2 Å². The van der Waals surface area contributed by atoms with Gasteiger partial charge in [-0.25, -0.2) is 0 Å². The van der Waals surface area contributed by atoms with E-state index >= 15 is 0 Å². The molecule has 0 radical (unpaired) electrons. The highest BCUT2D eigenvalue weighted by molar-refractivity contribution is 9.10. The third-order valence-electron chi connectivity index (χ3n) is 2.99. The van der Waals surface area contributed by atoms with Gasteiger partial charge in [-0.3, -0.25) is 9.59 Å². The maximum absolute atomic E-state index is 11.9. The number of fused-ring (bicyclic) bond motifs is 1. The maximum atomic E-state index is 11.9. The van der Waals surface area contributed by atoms with E-state index in [9.17, 15) is 9.59 Å². The predicted molar refractivity (Wildman–Crippen MR) is 73.6 cm³/mol. The van der Waals surface area contributed by atoms with Gasteiger partial charge in [0.05, 0.1) is 17.9 Å². The van der Waals surface area contributed by atoms with Gasteiger partial charge in [0.25, 0.3) is 0 Å². The first kappa shape index (κ1) is 13.0. The molecule has 1 aliphatic heterocycles. The van der Waals surface area contributed by atoms with Crippen molar-refractivity contribution >= 4 is 39.1 Å². The zero-order valence-corrected chi connectivity index (χ0v) is 11.6. The highest BCUT2D eigenvalue weighted by atomic mass is 79.9. The van der Waals surface area contributed by atoms with E-state index in [1.54, 1.807) is 16.8 Å². The van der Waals surface area contributed by atoms with Crippen LogP contribution in [0.3, 0.4) is 0 Å².